The van der Waals surface area contributed by atoms with Crippen LogP contribution in [0.5, 0.6) is 11.5 Å². The van der Waals surface area contributed by atoms with E-state index in [0.29, 0.717) is 54.5 Å². The van der Waals surface area contributed by atoms with Crippen molar-refractivity contribution in [3.63, 3.8) is 0 Å². The number of piperazine rings is 1. The minimum absolute atomic E-state index is 0.0895. The summed E-state index contributed by atoms with van der Waals surface area (Å²) in [5.74, 6) is -3.41. The van der Waals surface area contributed by atoms with Gasteiger partial charge < -0.3 is 35.6 Å². The van der Waals surface area contributed by atoms with Gasteiger partial charge in [0, 0.05) is 43.0 Å². The van der Waals surface area contributed by atoms with Gasteiger partial charge in [-0.1, -0.05) is 6.07 Å². The number of rotatable bonds is 7. The van der Waals surface area contributed by atoms with E-state index in [1.54, 1.807) is 54.5 Å². The van der Waals surface area contributed by atoms with Gasteiger partial charge in [-0.15, -0.1) is 0 Å². The Balaban J connectivity index is 0.000000717. The van der Waals surface area contributed by atoms with E-state index in [1.807, 2.05) is 4.90 Å². The summed E-state index contributed by atoms with van der Waals surface area (Å²) in [5.41, 5.74) is 6.64. The molecule has 1 saturated heterocycles. The highest BCUT2D eigenvalue weighted by molar-refractivity contribution is 6.27. The monoisotopic (exact) mass is 516 g/mol. The molecule has 2 aromatic rings. The molecule has 198 valence electrons. The molecule has 0 radical (unpaired) electrons. The third-order valence-electron chi connectivity index (χ3n) is 5.27. The number of nitrogens with two attached hydrogens (primary N) is 1. The predicted molar refractivity (Wildman–Crippen MR) is 131 cm³/mol. The summed E-state index contributed by atoms with van der Waals surface area (Å²) in [7, 11) is 3.07. The Hall–Kier alpha value is -4.65. The Kier molecular flexibility index (Phi) is 10.4. The van der Waals surface area contributed by atoms with Crippen LogP contribution in [-0.2, 0) is 14.4 Å². The first-order valence-electron chi connectivity index (χ1n) is 10.9. The highest BCUT2D eigenvalue weighted by Gasteiger charge is 2.24. The average molecular weight is 517 g/mol. The number of benzene rings is 2. The predicted octanol–water partition coefficient (Wildman–Crippen LogP) is 0.355. The van der Waals surface area contributed by atoms with Crippen LogP contribution < -0.4 is 20.5 Å². The third kappa shape index (κ3) is 8.50. The summed E-state index contributed by atoms with van der Waals surface area (Å²) in [6.07, 6.45) is 0. The molecule has 13 heteroatoms. The quantitative estimate of drug-likeness (QED) is 0.374. The standard InChI is InChI=1S/C22H26N4O5.C2H2O4/c1-30-18-7-6-16(13-19(18)31-2)22(29)26-10-8-25(9-11-26)14-20(27)24-17-5-3-4-15(12-17)21(23)28;3-1(4)2(5)6/h3-7,12-13H,8-11,14H2,1-2H3,(H2,23,28)(H,24,27);(H,3,4)(H,5,6). The van der Waals surface area contributed by atoms with Gasteiger partial charge in [0.1, 0.15) is 0 Å². The largest absolute Gasteiger partial charge is 0.493 e. The first kappa shape index (κ1) is 28.6. The minimum atomic E-state index is -1.82. The van der Waals surface area contributed by atoms with Gasteiger partial charge in [-0.2, -0.15) is 0 Å². The second kappa shape index (κ2) is 13.4. The van der Waals surface area contributed by atoms with Crippen LogP contribution in [0.3, 0.4) is 0 Å². The molecule has 0 unspecified atom stereocenters. The molecule has 13 nitrogen and oxygen atoms in total. The highest BCUT2D eigenvalue weighted by Crippen LogP contribution is 2.28. The number of carbonyl (C=O) groups excluding carboxylic acids is 3. The Morgan fingerprint density at radius 1 is 0.865 bits per heavy atom. The molecule has 3 amide bonds. The van der Waals surface area contributed by atoms with Gasteiger partial charge in [0.2, 0.25) is 11.8 Å². The minimum Gasteiger partial charge on any atom is -0.493 e. The van der Waals surface area contributed by atoms with E-state index in [4.69, 9.17) is 35.0 Å². The number of nitrogens with one attached hydrogen (secondary N) is 1. The van der Waals surface area contributed by atoms with Gasteiger partial charge in [0.25, 0.3) is 5.91 Å². The van der Waals surface area contributed by atoms with Crippen molar-refractivity contribution in [2.75, 3.05) is 52.3 Å². The summed E-state index contributed by atoms with van der Waals surface area (Å²) in [4.78, 5) is 58.4. The number of amides is 3. The normalized spacial score (nSPS) is 13.0. The van der Waals surface area contributed by atoms with Crippen LogP contribution in [0, 0.1) is 0 Å². The second-order valence-corrected chi connectivity index (χ2v) is 7.74. The molecule has 5 N–H and O–H groups in total. The summed E-state index contributed by atoms with van der Waals surface area (Å²) in [6.45, 7) is 2.37. The fourth-order valence-electron chi connectivity index (χ4n) is 3.41. The molecule has 2 aromatic carbocycles. The molecule has 1 aliphatic rings. The van der Waals surface area contributed by atoms with E-state index in [0.717, 1.165) is 0 Å². The number of aliphatic carboxylic acids is 2. The van der Waals surface area contributed by atoms with Gasteiger partial charge in [-0.05, 0) is 36.4 Å². The number of ether oxygens (including phenoxy) is 2. The molecule has 1 fully saturated rings. The number of carboxylic acids is 2. The first-order chi connectivity index (χ1) is 17.5. The summed E-state index contributed by atoms with van der Waals surface area (Å²) >= 11 is 0. The van der Waals surface area contributed by atoms with Crippen LogP contribution in [0.4, 0.5) is 5.69 Å². The first-order valence-corrected chi connectivity index (χ1v) is 10.9. The van der Waals surface area contributed by atoms with Crippen LogP contribution in [0.2, 0.25) is 0 Å². The van der Waals surface area contributed by atoms with Gasteiger partial charge in [-0.25, -0.2) is 9.59 Å². The summed E-state index contributed by atoms with van der Waals surface area (Å²) in [6, 6.07) is 11.6. The molecule has 0 aliphatic carbocycles. The SMILES string of the molecule is COc1ccc(C(=O)N2CCN(CC(=O)Nc3cccc(C(N)=O)c3)CC2)cc1OC.O=C(O)C(=O)O. The number of carbonyl (C=O) groups is 5. The van der Waals surface area contributed by atoms with E-state index < -0.39 is 17.8 Å². The van der Waals surface area contributed by atoms with Crippen molar-refractivity contribution in [1.29, 1.82) is 0 Å². The zero-order chi connectivity index (χ0) is 27.5. The molecule has 3 rings (SSSR count). The fraction of sp³-hybridized carbons (Fsp3) is 0.292. The lowest BCUT2D eigenvalue weighted by molar-refractivity contribution is -0.159. The third-order valence-corrected chi connectivity index (χ3v) is 5.27. The van der Waals surface area contributed by atoms with Gasteiger partial charge >= 0.3 is 11.9 Å². The molecule has 0 bridgehead atoms. The molecule has 0 spiro atoms. The van der Waals surface area contributed by atoms with Crippen LogP contribution in [0.1, 0.15) is 20.7 Å². The van der Waals surface area contributed by atoms with Gasteiger partial charge in [-0.3, -0.25) is 19.3 Å². The molecule has 0 atom stereocenters. The van der Waals surface area contributed by atoms with Crippen molar-refractivity contribution in [2.45, 2.75) is 0 Å². The van der Waals surface area contributed by atoms with E-state index >= 15 is 0 Å². The van der Waals surface area contributed by atoms with Crippen molar-refractivity contribution < 1.29 is 43.7 Å². The van der Waals surface area contributed by atoms with Crippen LogP contribution in [0.25, 0.3) is 0 Å². The molecule has 1 aliphatic heterocycles. The Morgan fingerprint density at radius 3 is 2.03 bits per heavy atom. The van der Waals surface area contributed by atoms with Crippen molar-refractivity contribution in [2.24, 2.45) is 5.73 Å². The summed E-state index contributed by atoms with van der Waals surface area (Å²) in [5, 5.41) is 17.6. The van der Waals surface area contributed by atoms with Crippen molar-refractivity contribution in [1.82, 2.24) is 9.80 Å². The van der Waals surface area contributed by atoms with Crippen LogP contribution >= 0.6 is 0 Å². The van der Waals surface area contributed by atoms with Crippen LogP contribution in [-0.4, -0.2) is 96.6 Å². The second-order valence-electron chi connectivity index (χ2n) is 7.74. The molecule has 0 saturated carbocycles. The zero-order valence-corrected chi connectivity index (χ0v) is 20.3. The Labute approximate surface area is 212 Å². The smallest absolute Gasteiger partial charge is 0.414 e. The number of primary amides is 1. The van der Waals surface area contributed by atoms with Crippen molar-refractivity contribution in [3.05, 3.63) is 53.6 Å². The highest BCUT2D eigenvalue weighted by atomic mass is 16.5. The maximum atomic E-state index is 12.8. The molecular formula is C24H28N4O9. The zero-order valence-electron chi connectivity index (χ0n) is 20.3. The van der Waals surface area contributed by atoms with Crippen molar-refractivity contribution in [3.8, 4) is 11.5 Å². The van der Waals surface area contributed by atoms with E-state index in [2.05, 4.69) is 5.32 Å². The molecular weight excluding hydrogens is 488 g/mol. The van der Waals surface area contributed by atoms with Gasteiger partial charge in [0.05, 0.1) is 20.8 Å². The number of anilines is 1. The van der Waals surface area contributed by atoms with E-state index in [-0.39, 0.29) is 18.4 Å². The average Bonchev–Trinajstić information content (AvgIpc) is 2.88. The molecule has 1 heterocycles. The fourth-order valence-corrected chi connectivity index (χ4v) is 3.41. The number of hydrogen-bond acceptors (Lipinski definition) is 8. The number of carboxylic acid groups (broad SMARTS) is 2. The lowest BCUT2D eigenvalue weighted by Crippen LogP contribution is -2.50. The van der Waals surface area contributed by atoms with Gasteiger partial charge in [0.15, 0.2) is 11.5 Å². The lowest BCUT2D eigenvalue weighted by atomic mass is 10.1. The Bertz CT molecular complexity index is 1150. The lowest BCUT2D eigenvalue weighted by Gasteiger charge is -2.34. The number of nitrogens with zero attached hydrogens (tertiary/aromatic N) is 2. The number of methoxy groups -OCH3 is 2. The Morgan fingerprint density at radius 2 is 1.49 bits per heavy atom. The number of hydrogen-bond donors (Lipinski definition) is 4. The topological polar surface area (TPSA) is 189 Å². The van der Waals surface area contributed by atoms with E-state index in [9.17, 15) is 14.4 Å². The maximum Gasteiger partial charge on any atom is 0.414 e. The van der Waals surface area contributed by atoms with E-state index in [1.165, 1.54) is 7.11 Å². The summed E-state index contributed by atoms with van der Waals surface area (Å²) < 4.78 is 10.5. The van der Waals surface area contributed by atoms with Crippen LogP contribution in [0.15, 0.2) is 42.5 Å². The molecule has 0 aromatic heterocycles. The maximum absolute atomic E-state index is 12.8. The van der Waals surface area contributed by atoms with Crippen molar-refractivity contribution >= 4 is 35.3 Å². The molecule has 37 heavy (non-hydrogen) atoms.